The highest BCUT2D eigenvalue weighted by molar-refractivity contribution is 5.26. The van der Waals surface area contributed by atoms with E-state index < -0.39 is 0 Å². The summed E-state index contributed by atoms with van der Waals surface area (Å²) in [4.78, 5) is 4.66. The Labute approximate surface area is 126 Å². The Balaban J connectivity index is 1.93. The Morgan fingerprint density at radius 1 is 1.14 bits per heavy atom. The van der Waals surface area contributed by atoms with Crippen molar-refractivity contribution in [3.8, 4) is 5.75 Å². The maximum Gasteiger partial charge on any atom is 0.135 e. The zero-order valence-electron chi connectivity index (χ0n) is 13.3. The maximum atomic E-state index is 5.79. The van der Waals surface area contributed by atoms with Gasteiger partial charge in [-0.2, -0.15) is 0 Å². The van der Waals surface area contributed by atoms with Gasteiger partial charge in [0, 0.05) is 12.7 Å². The molecule has 4 nitrogen and oxygen atoms in total. The number of aromatic nitrogens is 2. The number of hydrogen-bond donors (Lipinski definition) is 0. The highest BCUT2D eigenvalue weighted by Gasteiger charge is 2.09. The molecule has 0 bridgehead atoms. The van der Waals surface area contributed by atoms with Crippen molar-refractivity contribution in [2.45, 2.75) is 46.4 Å². The zero-order valence-corrected chi connectivity index (χ0v) is 13.3. The molecular formula is C17H24N2O2. The lowest BCUT2D eigenvalue weighted by atomic mass is 10.2. The summed E-state index contributed by atoms with van der Waals surface area (Å²) < 4.78 is 13.1. The van der Waals surface area contributed by atoms with Crippen LogP contribution in [0.3, 0.4) is 0 Å². The van der Waals surface area contributed by atoms with Crippen LogP contribution in [-0.4, -0.2) is 16.7 Å². The third-order valence-corrected chi connectivity index (χ3v) is 3.47. The van der Waals surface area contributed by atoms with Gasteiger partial charge in [-0.05, 0) is 30.5 Å². The molecule has 0 saturated carbocycles. The number of hydrogen-bond acceptors (Lipinski definition) is 3. The summed E-state index contributed by atoms with van der Waals surface area (Å²) in [6, 6.07) is 7.93. The summed E-state index contributed by atoms with van der Waals surface area (Å²) >= 11 is 0. The van der Waals surface area contributed by atoms with Gasteiger partial charge in [0.15, 0.2) is 0 Å². The van der Waals surface area contributed by atoms with Crippen LogP contribution in [0.1, 0.15) is 43.8 Å². The number of imidazole rings is 1. The van der Waals surface area contributed by atoms with Crippen molar-refractivity contribution in [3.63, 3.8) is 0 Å². The van der Waals surface area contributed by atoms with E-state index in [4.69, 9.17) is 9.47 Å². The van der Waals surface area contributed by atoms with Crippen molar-refractivity contribution in [3.05, 3.63) is 47.5 Å². The number of aryl methyl sites for hydroxylation is 1. The van der Waals surface area contributed by atoms with Gasteiger partial charge >= 0.3 is 0 Å². The van der Waals surface area contributed by atoms with Crippen LogP contribution in [0.2, 0.25) is 0 Å². The van der Waals surface area contributed by atoms with Crippen molar-refractivity contribution in [1.29, 1.82) is 0 Å². The topological polar surface area (TPSA) is 36.3 Å². The minimum Gasteiger partial charge on any atom is -0.497 e. The monoisotopic (exact) mass is 288 g/mol. The molecule has 0 unspecified atom stereocenters. The second-order valence-electron chi connectivity index (χ2n) is 5.36. The standard InChI is InChI=1S/C17H24N2O2/c1-5-19-10-16(13(2)3)18-17(19)12-21-11-14-6-8-15(20-4)9-7-14/h6-10,13H,5,11-12H2,1-4H3. The van der Waals surface area contributed by atoms with E-state index in [1.54, 1.807) is 7.11 Å². The van der Waals surface area contributed by atoms with Crippen molar-refractivity contribution < 1.29 is 9.47 Å². The Bertz CT molecular complexity index is 559. The van der Waals surface area contributed by atoms with E-state index in [9.17, 15) is 0 Å². The normalized spacial score (nSPS) is 11.1. The molecule has 0 atom stereocenters. The van der Waals surface area contributed by atoms with Crippen LogP contribution in [-0.2, 0) is 24.5 Å². The van der Waals surface area contributed by atoms with Crippen LogP contribution in [0.15, 0.2) is 30.5 Å². The SMILES string of the molecule is CCn1cc(C(C)C)nc1COCc1ccc(OC)cc1. The molecule has 0 aliphatic rings. The molecule has 0 aliphatic heterocycles. The molecule has 1 aromatic carbocycles. The van der Waals surface area contributed by atoms with Crippen LogP contribution in [0.25, 0.3) is 0 Å². The number of ether oxygens (including phenoxy) is 2. The van der Waals surface area contributed by atoms with E-state index in [2.05, 4.69) is 36.5 Å². The molecule has 2 aromatic rings. The molecule has 21 heavy (non-hydrogen) atoms. The maximum absolute atomic E-state index is 5.79. The minimum atomic E-state index is 0.443. The van der Waals surface area contributed by atoms with Gasteiger partial charge in [0.2, 0.25) is 0 Å². The first kappa shape index (κ1) is 15.6. The lowest BCUT2D eigenvalue weighted by Crippen LogP contribution is -2.03. The first-order valence-corrected chi connectivity index (χ1v) is 7.40. The van der Waals surface area contributed by atoms with Crippen LogP contribution < -0.4 is 4.74 Å². The Morgan fingerprint density at radius 2 is 1.86 bits per heavy atom. The fourth-order valence-corrected chi connectivity index (χ4v) is 2.13. The molecule has 114 valence electrons. The van der Waals surface area contributed by atoms with Crippen LogP contribution in [0, 0.1) is 0 Å². The smallest absolute Gasteiger partial charge is 0.135 e. The number of nitrogens with zero attached hydrogens (tertiary/aromatic N) is 2. The van der Waals surface area contributed by atoms with Crippen LogP contribution in [0.5, 0.6) is 5.75 Å². The molecule has 4 heteroatoms. The van der Waals surface area contributed by atoms with Crippen LogP contribution in [0.4, 0.5) is 0 Å². The zero-order chi connectivity index (χ0) is 15.2. The average Bonchev–Trinajstić information content (AvgIpc) is 2.91. The van der Waals surface area contributed by atoms with E-state index in [-0.39, 0.29) is 0 Å². The molecule has 0 radical (unpaired) electrons. The Kier molecular flexibility index (Phi) is 5.39. The Hall–Kier alpha value is -1.81. The van der Waals surface area contributed by atoms with Crippen molar-refractivity contribution in [2.75, 3.05) is 7.11 Å². The second-order valence-corrected chi connectivity index (χ2v) is 5.36. The molecule has 0 fully saturated rings. The predicted molar refractivity (Wildman–Crippen MR) is 83.5 cm³/mol. The lowest BCUT2D eigenvalue weighted by Gasteiger charge is -2.07. The number of rotatable bonds is 7. The highest BCUT2D eigenvalue weighted by atomic mass is 16.5. The average molecular weight is 288 g/mol. The number of methoxy groups -OCH3 is 1. The first-order chi connectivity index (χ1) is 10.1. The Morgan fingerprint density at radius 3 is 2.43 bits per heavy atom. The third-order valence-electron chi connectivity index (χ3n) is 3.47. The summed E-state index contributed by atoms with van der Waals surface area (Å²) in [7, 11) is 1.67. The molecule has 0 aliphatic carbocycles. The van der Waals surface area contributed by atoms with E-state index in [0.29, 0.717) is 19.1 Å². The molecule has 1 heterocycles. The van der Waals surface area contributed by atoms with Crippen LogP contribution >= 0.6 is 0 Å². The molecule has 0 N–H and O–H groups in total. The van der Waals surface area contributed by atoms with Gasteiger partial charge in [-0.25, -0.2) is 4.98 Å². The largest absolute Gasteiger partial charge is 0.497 e. The first-order valence-electron chi connectivity index (χ1n) is 7.40. The van der Waals surface area contributed by atoms with E-state index in [1.165, 1.54) is 0 Å². The quantitative estimate of drug-likeness (QED) is 0.778. The van der Waals surface area contributed by atoms with Gasteiger partial charge in [-0.3, -0.25) is 0 Å². The van der Waals surface area contributed by atoms with Gasteiger partial charge in [-0.1, -0.05) is 26.0 Å². The van der Waals surface area contributed by atoms with E-state index in [1.807, 2.05) is 24.3 Å². The fourth-order valence-electron chi connectivity index (χ4n) is 2.13. The highest BCUT2D eigenvalue weighted by Crippen LogP contribution is 2.16. The molecule has 2 rings (SSSR count). The molecule has 0 spiro atoms. The molecule has 0 amide bonds. The summed E-state index contributed by atoms with van der Waals surface area (Å²) in [6.07, 6.45) is 2.12. The summed E-state index contributed by atoms with van der Waals surface area (Å²) in [5.74, 6) is 2.30. The third kappa shape index (κ3) is 4.08. The molecule has 1 aromatic heterocycles. The van der Waals surface area contributed by atoms with Crippen molar-refractivity contribution >= 4 is 0 Å². The molecular weight excluding hydrogens is 264 g/mol. The molecule has 0 saturated heterocycles. The fraction of sp³-hybridized carbons (Fsp3) is 0.471. The van der Waals surface area contributed by atoms with Crippen molar-refractivity contribution in [2.24, 2.45) is 0 Å². The summed E-state index contributed by atoms with van der Waals surface area (Å²) in [6.45, 7) is 8.47. The van der Waals surface area contributed by atoms with E-state index in [0.717, 1.165) is 29.4 Å². The number of benzene rings is 1. The van der Waals surface area contributed by atoms with Gasteiger partial charge in [0.25, 0.3) is 0 Å². The van der Waals surface area contributed by atoms with Gasteiger partial charge < -0.3 is 14.0 Å². The lowest BCUT2D eigenvalue weighted by molar-refractivity contribution is 0.0993. The van der Waals surface area contributed by atoms with E-state index >= 15 is 0 Å². The summed E-state index contributed by atoms with van der Waals surface area (Å²) in [5, 5.41) is 0. The predicted octanol–water partition coefficient (Wildman–Crippen LogP) is 3.75. The summed E-state index contributed by atoms with van der Waals surface area (Å²) in [5.41, 5.74) is 2.26. The van der Waals surface area contributed by atoms with Gasteiger partial charge in [0.1, 0.15) is 18.2 Å². The second kappa shape index (κ2) is 7.27. The van der Waals surface area contributed by atoms with Gasteiger partial charge in [-0.15, -0.1) is 0 Å². The van der Waals surface area contributed by atoms with Crippen molar-refractivity contribution in [1.82, 2.24) is 9.55 Å². The van der Waals surface area contributed by atoms with Gasteiger partial charge in [0.05, 0.1) is 19.4 Å². The minimum absolute atomic E-state index is 0.443.